The van der Waals surface area contributed by atoms with Gasteiger partial charge in [0, 0.05) is 16.3 Å². The van der Waals surface area contributed by atoms with Gasteiger partial charge in [0.2, 0.25) is 0 Å². The molecule has 0 atom stereocenters. The van der Waals surface area contributed by atoms with E-state index >= 15 is 0 Å². The smallest absolute Gasteiger partial charge is 0.169 e. The van der Waals surface area contributed by atoms with E-state index in [4.69, 9.17) is 5.10 Å². The van der Waals surface area contributed by atoms with Crippen molar-refractivity contribution in [3.8, 4) is 22.5 Å². The Balaban J connectivity index is 1.75. The van der Waals surface area contributed by atoms with E-state index in [0.717, 1.165) is 39.9 Å². The lowest BCUT2D eigenvalue weighted by atomic mass is 9.98. The minimum absolute atomic E-state index is 0.870. The third-order valence-electron chi connectivity index (χ3n) is 6.08. The predicted molar refractivity (Wildman–Crippen MR) is 128 cm³/mol. The van der Waals surface area contributed by atoms with Gasteiger partial charge in [-0.1, -0.05) is 91.9 Å². The highest BCUT2D eigenvalue weighted by atomic mass is 15.2. The fourth-order valence-electron chi connectivity index (χ4n) is 4.54. The number of rotatable bonds is 3. The molecule has 148 valence electrons. The van der Waals surface area contributed by atoms with E-state index in [9.17, 15) is 0 Å². The van der Waals surface area contributed by atoms with Crippen molar-refractivity contribution in [2.45, 2.75) is 13.3 Å². The molecule has 0 aliphatic heterocycles. The molecule has 0 fully saturated rings. The summed E-state index contributed by atoms with van der Waals surface area (Å²) in [4.78, 5) is 0. The van der Waals surface area contributed by atoms with Crippen LogP contribution in [0, 0.1) is 0 Å². The Kier molecular flexibility index (Phi) is 4.07. The maximum absolute atomic E-state index is 4.71. The van der Waals surface area contributed by atoms with Gasteiger partial charge in [0.1, 0.15) is 0 Å². The summed E-state index contributed by atoms with van der Waals surface area (Å²) in [5.74, 6) is 0.870. The van der Waals surface area contributed by atoms with Gasteiger partial charge in [0.25, 0.3) is 0 Å². The molecule has 0 N–H and O–H groups in total. The first-order valence-corrected chi connectivity index (χ1v) is 10.7. The maximum atomic E-state index is 4.71. The van der Waals surface area contributed by atoms with Crippen molar-refractivity contribution >= 4 is 27.3 Å². The summed E-state index contributed by atoms with van der Waals surface area (Å²) in [7, 11) is 0. The second-order valence-electron chi connectivity index (χ2n) is 7.84. The van der Waals surface area contributed by atoms with Crippen molar-refractivity contribution in [1.29, 1.82) is 0 Å². The molecule has 0 saturated carbocycles. The van der Waals surface area contributed by atoms with Crippen molar-refractivity contribution in [1.82, 2.24) is 14.6 Å². The minimum atomic E-state index is 0.870. The minimum Gasteiger partial charge on any atom is -0.274 e. The SMILES string of the molecule is CCc1ccc2c(c1)c1ccccc1c1nnc(-c3ccccc3-c3ccccc3)n21. The van der Waals surface area contributed by atoms with E-state index in [1.165, 1.54) is 21.9 Å². The van der Waals surface area contributed by atoms with Gasteiger partial charge in [-0.3, -0.25) is 4.40 Å². The Bertz CT molecular complexity index is 1560. The molecule has 0 saturated heterocycles. The number of pyridine rings is 1. The molecule has 0 amide bonds. The standard InChI is InChI=1S/C28H21N3/c1-2-19-16-17-26-25(18-19)22-13-7-9-15-24(22)28-30-29-27(31(26)28)23-14-8-6-12-21(23)20-10-4-3-5-11-20/h3-18H,2H2,1H3. The van der Waals surface area contributed by atoms with Crippen molar-refractivity contribution < 1.29 is 0 Å². The van der Waals surface area contributed by atoms with E-state index in [1.807, 2.05) is 6.07 Å². The monoisotopic (exact) mass is 399 g/mol. The van der Waals surface area contributed by atoms with E-state index in [2.05, 4.69) is 107 Å². The lowest BCUT2D eigenvalue weighted by Crippen LogP contribution is -1.96. The molecular formula is C28H21N3. The van der Waals surface area contributed by atoms with Crippen LogP contribution in [0.3, 0.4) is 0 Å². The first kappa shape index (κ1) is 17.8. The van der Waals surface area contributed by atoms with Gasteiger partial charge in [-0.05, 0) is 40.6 Å². The van der Waals surface area contributed by atoms with E-state index < -0.39 is 0 Å². The van der Waals surface area contributed by atoms with Gasteiger partial charge in [-0.15, -0.1) is 10.2 Å². The van der Waals surface area contributed by atoms with Gasteiger partial charge in [0.15, 0.2) is 11.5 Å². The molecule has 0 bridgehead atoms. The average molecular weight is 399 g/mol. The number of nitrogens with zero attached hydrogens (tertiary/aromatic N) is 3. The number of fused-ring (bicyclic) bond motifs is 6. The van der Waals surface area contributed by atoms with Gasteiger partial charge in [-0.2, -0.15) is 0 Å². The van der Waals surface area contributed by atoms with Crippen LogP contribution in [0.4, 0.5) is 0 Å². The molecule has 4 aromatic carbocycles. The highest BCUT2D eigenvalue weighted by molar-refractivity contribution is 6.12. The molecule has 2 aromatic heterocycles. The normalized spacial score (nSPS) is 11.5. The molecule has 0 aliphatic carbocycles. The third-order valence-corrected chi connectivity index (χ3v) is 6.08. The number of aryl methyl sites for hydroxylation is 1. The van der Waals surface area contributed by atoms with Gasteiger partial charge >= 0.3 is 0 Å². The predicted octanol–water partition coefficient (Wildman–Crippen LogP) is 6.93. The van der Waals surface area contributed by atoms with Crippen molar-refractivity contribution in [3.63, 3.8) is 0 Å². The summed E-state index contributed by atoms with van der Waals surface area (Å²) in [5, 5.41) is 13.0. The quantitative estimate of drug-likeness (QED) is 0.302. The van der Waals surface area contributed by atoms with Crippen LogP contribution in [0.15, 0.2) is 97.1 Å². The van der Waals surface area contributed by atoms with Gasteiger partial charge in [0.05, 0.1) is 5.52 Å². The molecule has 31 heavy (non-hydrogen) atoms. The Morgan fingerprint density at radius 1 is 0.645 bits per heavy atom. The lowest BCUT2D eigenvalue weighted by molar-refractivity contribution is 1.12. The van der Waals surface area contributed by atoms with Crippen LogP contribution in [-0.2, 0) is 6.42 Å². The average Bonchev–Trinajstić information content (AvgIpc) is 3.30. The second kappa shape index (κ2) is 7.06. The highest BCUT2D eigenvalue weighted by Gasteiger charge is 2.18. The van der Waals surface area contributed by atoms with Crippen LogP contribution in [0.2, 0.25) is 0 Å². The Hall–Kier alpha value is -3.98. The number of benzene rings is 4. The topological polar surface area (TPSA) is 30.2 Å². The van der Waals surface area contributed by atoms with E-state index in [1.54, 1.807) is 0 Å². The summed E-state index contributed by atoms with van der Waals surface area (Å²) in [6.45, 7) is 2.20. The zero-order valence-corrected chi connectivity index (χ0v) is 17.3. The molecule has 2 heterocycles. The summed E-state index contributed by atoms with van der Waals surface area (Å²) >= 11 is 0. The van der Waals surface area contributed by atoms with Gasteiger partial charge in [-0.25, -0.2) is 0 Å². The summed E-state index contributed by atoms with van der Waals surface area (Å²) in [5.41, 5.74) is 6.77. The van der Waals surface area contributed by atoms with Crippen LogP contribution in [-0.4, -0.2) is 14.6 Å². The molecule has 6 rings (SSSR count). The van der Waals surface area contributed by atoms with E-state index in [0.29, 0.717) is 0 Å². The van der Waals surface area contributed by atoms with E-state index in [-0.39, 0.29) is 0 Å². The molecule has 6 aromatic rings. The van der Waals surface area contributed by atoms with Crippen LogP contribution in [0.5, 0.6) is 0 Å². The Morgan fingerprint density at radius 3 is 2.16 bits per heavy atom. The van der Waals surface area contributed by atoms with Crippen LogP contribution in [0.1, 0.15) is 12.5 Å². The first-order valence-electron chi connectivity index (χ1n) is 10.7. The Morgan fingerprint density at radius 2 is 1.35 bits per heavy atom. The summed E-state index contributed by atoms with van der Waals surface area (Å²) in [6.07, 6.45) is 1.01. The number of aromatic nitrogens is 3. The van der Waals surface area contributed by atoms with Crippen LogP contribution >= 0.6 is 0 Å². The Labute approximate surface area is 180 Å². The highest BCUT2D eigenvalue weighted by Crippen LogP contribution is 2.36. The van der Waals surface area contributed by atoms with Crippen LogP contribution in [0.25, 0.3) is 49.8 Å². The van der Waals surface area contributed by atoms with Crippen molar-refractivity contribution in [3.05, 3.63) is 103 Å². The zero-order chi connectivity index (χ0) is 20.8. The third kappa shape index (κ3) is 2.74. The second-order valence-corrected chi connectivity index (χ2v) is 7.84. The van der Waals surface area contributed by atoms with Crippen molar-refractivity contribution in [2.75, 3.05) is 0 Å². The lowest BCUT2D eigenvalue weighted by Gasteiger charge is -2.13. The molecule has 0 radical (unpaired) electrons. The number of hydrogen-bond donors (Lipinski definition) is 0. The maximum Gasteiger partial charge on any atom is 0.169 e. The molecule has 0 aliphatic rings. The fraction of sp³-hybridized carbons (Fsp3) is 0.0714. The molecular weight excluding hydrogens is 378 g/mol. The molecule has 3 heteroatoms. The first-order chi connectivity index (χ1) is 15.3. The van der Waals surface area contributed by atoms with Crippen molar-refractivity contribution in [2.24, 2.45) is 0 Å². The zero-order valence-electron chi connectivity index (χ0n) is 17.3. The summed E-state index contributed by atoms with van der Waals surface area (Å²) < 4.78 is 2.22. The van der Waals surface area contributed by atoms with Gasteiger partial charge < -0.3 is 0 Å². The summed E-state index contributed by atoms with van der Waals surface area (Å²) in [6, 6.07) is 34.2. The number of hydrogen-bond acceptors (Lipinski definition) is 2. The molecule has 0 spiro atoms. The molecule has 0 unspecified atom stereocenters. The largest absolute Gasteiger partial charge is 0.274 e. The fourth-order valence-corrected chi connectivity index (χ4v) is 4.54. The molecule has 3 nitrogen and oxygen atoms in total. The van der Waals surface area contributed by atoms with Crippen LogP contribution < -0.4 is 0 Å².